The lowest BCUT2D eigenvalue weighted by molar-refractivity contribution is 1.36. The van der Waals surface area contributed by atoms with Gasteiger partial charge < -0.3 is 4.98 Å². The van der Waals surface area contributed by atoms with Crippen molar-refractivity contribution in [2.75, 3.05) is 0 Å². The van der Waals surface area contributed by atoms with E-state index in [0.29, 0.717) is 0 Å². The first-order chi connectivity index (χ1) is 5.47. The van der Waals surface area contributed by atoms with E-state index in [9.17, 15) is 0 Å². The average Bonchev–Trinajstić information content (AvgIpc) is 2.55. The van der Waals surface area contributed by atoms with Crippen LogP contribution in [0.1, 0.15) is 15.3 Å². The molecule has 2 heterocycles. The summed E-state index contributed by atoms with van der Waals surface area (Å²) in [7, 11) is 0. The molecular formula is C9H14N2. The highest BCUT2D eigenvalue weighted by atomic mass is 14.7. The van der Waals surface area contributed by atoms with Gasteiger partial charge in [0.2, 0.25) is 0 Å². The van der Waals surface area contributed by atoms with Crippen LogP contribution in [-0.2, 0) is 0 Å². The van der Waals surface area contributed by atoms with E-state index in [0.717, 1.165) is 10.9 Å². The van der Waals surface area contributed by atoms with Gasteiger partial charge in [0.25, 0.3) is 0 Å². The Kier molecular flexibility index (Phi) is 2.66. The minimum Gasteiger partial charge on any atom is -0.361 e. The molecule has 0 aliphatic carbocycles. The van der Waals surface area contributed by atoms with Crippen LogP contribution in [0, 0.1) is 0 Å². The van der Waals surface area contributed by atoms with Gasteiger partial charge in [0.05, 0.1) is 0 Å². The summed E-state index contributed by atoms with van der Waals surface area (Å²) in [4.78, 5) is 7.04. The van der Waals surface area contributed by atoms with Crippen LogP contribution in [0.3, 0.4) is 0 Å². The SMILES string of the molecule is CC.[HH].c1cc2[nH]ccc2cn1. The molecule has 2 heteroatoms. The minimum atomic E-state index is 0. The molecule has 0 amide bonds. The van der Waals surface area contributed by atoms with Gasteiger partial charge in [0, 0.05) is 30.9 Å². The third-order valence-electron chi connectivity index (χ3n) is 1.35. The summed E-state index contributed by atoms with van der Waals surface area (Å²) < 4.78 is 0. The van der Waals surface area contributed by atoms with E-state index in [-0.39, 0.29) is 1.43 Å². The van der Waals surface area contributed by atoms with Gasteiger partial charge in [0.1, 0.15) is 0 Å². The van der Waals surface area contributed by atoms with Crippen molar-refractivity contribution in [1.82, 2.24) is 9.97 Å². The van der Waals surface area contributed by atoms with Crippen molar-refractivity contribution in [1.29, 1.82) is 0 Å². The molecule has 2 aromatic rings. The lowest BCUT2D eigenvalue weighted by atomic mass is 10.3. The standard InChI is InChI=1S/C7H6N2.C2H6.H2/c1-4-9-7-2-3-8-5-6(1)7;1-2;/h1-5,9H;1-2H3;1H. The number of hydrogen-bond acceptors (Lipinski definition) is 1. The maximum Gasteiger partial charge on any atom is 0.0484 e. The molecule has 0 spiro atoms. The number of nitrogens with zero attached hydrogens (tertiary/aromatic N) is 1. The largest absolute Gasteiger partial charge is 0.361 e. The smallest absolute Gasteiger partial charge is 0.0484 e. The van der Waals surface area contributed by atoms with Gasteiger partial charge in [-0.05, 0) is 12.1 Å². The Hall–Kier alpha value is -1.31. The number of nitrogens with one attached hydrogen (secondary N) is 1. The molecule has 0 unspecified atom stereocenters. The third kappa shape index (κ3) is 1.58. The summed E-state index contributed by atoms with van der Waals surface area (Å²) in [6.45, 7) is 4.00. The molecule has 0 bridgehead atoms. The zero-order valence-electron chi connectivity index (χ0n) is 6.83. The molecule has 0 saturated heterocycles. The van der Waals surface area contributed by atoms with Crippen LogP contribution in [0.2, 0.25) is 0 Å². The van der Waals surface area contributed by atoms with Gasteiger partial charge >= 0.3 is 0 Å². The Bertz CT molecular complexity index is 287. The van der Waals surface area contributed by atoms with Crippen LogP contribution in [-0.4, -0.2) is 9.97 Å². The number of aromatic amines is 1. The molecular weight excluding hydrogens is 136 g/mol. The number of H-pyrrole nitrogens is 1. The van der Waals surface area contributed by atoms with E-state index in [2.05, 4.69) is 9.97 Å². The summed E-state index contributed by atoms with van der Waals surface area (Å²) >= 11 is 0. The molecule has 11 heavy (non-hydrogen) atoms. The molecule has 60 valence electrons. The van der Waals surface area contributed by atoms with Crippen LogP contribution < -0.4 is 0 Å². The summed E-state index contributed by atoms with van der Waals surface area (Å²) in [6, 6.07) is 3.96. The van der Waals surface area contributed by atoms with Gasteiger partial charge in [0.15, 0.2) is 0 Å². The topological polar surface area (TPSA) is 28.7 Å². The second kappa shape index (κ2) is 3.76. The van der Waals surface area contributed by atoms with E-state index in [1.54, 1.807) is 6.20 Å². The van der Waals surface area contributed by atoms with Gasteiger partial charge in [-0.1, -0.05) is 13.8 Å². The summed E-state index contributed by atoms with van der Waals surface area (Å²) in [5, 5.41) is 1.16. The maximum absolute atomic E-state index is 3.97. The van der Waals surface area contributed by atoms with Crippen LogP contribution in [0.25, 0.3) is 10.9 Å². The number of aromatic nitrogens is 2. The Morgan fingerprint density at radius 1 is 1.36 bits per heavy atom. The molecule has 0 aliphatic rings. The second-order valence-electron chi connectivity index (χ2n) is 1.94. The zero-order chi connectivity index (χ0) is 8.10. The Morgan fingerprint density at radius 3 is 2.91 bits per heavy atom. The van der Waals surface area contributed by atoms with Crippen molar-refractivity contribution in [3.05, 3.63) is 30.7 Å². The van der Waals surface area contributed by atoms with Gasteiger partial charge in [-0.25, -0.2) is 0 Å². The average molecular weight is 150 g/mol. The van der Waals surface area contributed by atoms with Crippen molar-refractivity contribution in [3.63, 3.8) is 0 Å². The number of pyridine rings is 1. The molecule has 1 N–H and O–H groups in total. The number of rotatable bonds is 0. The van der Waals surface area contributed by atoms with Crippen LogP contribution >= 0.6 is 0 Å². The van der Waals surface area contributed by atoms with Crippen molar-refractivity contribution in [2.45, 2.75) is 13.8 Å². The highest BCUT2D eigenvalue weighted by molar-refractivity contribution is 5.77. The second-order valence-corrected chi connectivity index (χ2v) is 1.94. The molecule has 2 aromatic heterocycles. The van der Waals surface area contributed by atoms with Crippen LogP contribution in [0.4, 0.5) is 0 Å². The maximum atomic E-state index is 3.97. The minimum absolute atomic E-state index is 0. The Labute approximate surface area is 67.8 Å². The lowest BCUT2D eigenvalue weighted by Gasteiger charge is -1.82. The predicted octanol–water partition coefficient (Wildman–Crippen LogP) is 2.84. The normalized spacial score (nSPS) is 8.91. The first-order valence-electron chi connectivity index (χ1n) is 3.84. The van der Waals surface area contributed by atoms with Crippen molar-refractivity contribution in [2.24, 2.45) is 0 Å². The molecule has 0 radical (unpaired) electrons. The van der Waals surface area contributed by atoms with Crippen LogP contribution in [0.15, 0.2) is 30.7 Å². The highest BCUT2D eigenvalue weighted by Gasteiger charge is 1.87. The highest BCUT2D eigenvalue weighted by Crippen LogP contribution is 2.07. The number of hydrogen-bond donors (Lipinski definition) is 1. The Morgan fingerprint density at radius 2 is 2.18 bits per heavy atom. The first-order valence-corrected chi connectivity index (χ1v) is 3.84. The van der Waals surface area contributed by atoms with Gasteiger partial charge in [-0.15, -0.1) is 0 Å². The van der Waals surface area contributed by atoms with Crippen molar-refractivity contribution < 1.29 is 1.43 Å². The molecule has 0 saturated carbocycles. The van der Waals surface area contributed by atoms with E-state index in [1.165, 1.54) is 0 Å². The Balaban J connectivity index is 0.000000378. The number of fused-ring (bicyclic) bond motifs is 1. The molecule has 2 nitrogen and oxygen atoms in total. The monoisotopic (exact) mass is 150 g/mol. The molecule has 0 aromatic carbocycles. The lowest BCUT2D eigenvalue weighted by Crippen LogP contribution is -1.67. The van der Waals surface area contributed by atoms with Crippen LogP contribution in [0.5, 0.6) is 0 Å². The van der Waals surface area contributed by atoms with Gasteiger partial charge in [-0.2, -0.15) is 0 Å². The zero-order valence-corrected chi connectivity index (χ0v) is 6.83. The van der Waals surface area contributed by atoms with E-state index in [1.807, 2.05) is 38.4 Å². The fourth-order valence-corrected chi connectivity index (χ4v) is 0.892. The van der Waals surface area contributed by atoms with Crippen molar-refractivity contribution in [3.8, 4) is 0 Å². The fourth-order valence-electron chi connectivity index (χ4n) is 0.892. The summed E-state index contributed by atoms with van der Waals surface area (Å²) in [6.07, 6.45) is 5.52. The summed E-state index contributed by atoms with van der Waals surface area (Å²) in [5.74, 6) is 0. The van der Waals surface area contributed by atoms with Crippen molar-refractivity contribution >= 4 is 10.9 Å². The predicted molar refractivity (Wildman–Crippen MR) is 49.6 cm³/mol. The molecule has 0 aliphatic heterocycles. The quantitative estimate of drug-likeness (QED) is 0.614. The summed E-state index contributed by atoms with van der Waals surface area (Å²) in [5.41, 5.74) is 1.14. The molecule has 0 fully saturated rings. The molecule has 2 rings (SSSR count). The molecule has 0 atom stereocenters. The third-order valence-corrected chi connectivity index (χ3v) is 1.35. The fraction of sp³-hybridized carbons (Fsp3) is 0.222. The van der Waals surface area contributed by atoms with E-state index < -0.39 is 0 Å². The van der Waals surface area contributed by atoms with E-state index in [4.69, 9.17) is 0 Å². The van der Waals surface area contributed by atoms with Gasteiger partial charge in [-0.3, -0.25) is 4.98 Å². The van der Waals surface area contributed by atoms with E-state index >= 15 is 0 Å². The first kappa shape index (κ1) is 7.79.